The molecule has 0 amide bonds. The maximum Gasteiger partial charge on any atom is 0.213 e. The zero-order valence-corrected chi connectivity index (χ0v) is 17.2. The number of nitrogens with zero attached hydrogens (tertiary/aromatic N) is 2. The van der Waals surface area contributed by atoms with Crippen LogP contribution in [-0.4, -0.2) is 18.2 Å². The number of benzene rings is 2. The molecule has 0 fully saturated rings. The van der Waals surface area contributed by atoms with Crippen LogP contribution in [0.15, 0.2) is 46.2 Å². The van der Waals surface area contributed by atoms with Crippen LogP contribution in [0.5, 0.6) is 0 Å². The molecule has 0 saturated heterocycles. The molecular weight excluding hydrogens is 431 g/mol. The van der Waals surface area contributed by atoms with Crippen molar-refractivity contribution in [2.24, 2.45) is 0 Å². The fraction of sp³-hybridized carbons (Fsp3) is 0.118. The van der Waals surface area contributed by atoms with E-state index in [0.29, 0.717) is 17.1 Å². The Labute approximate surface area is 171 Å². The molecule has 3 rings (SSSR count). The van der Waals surface area contributed by atoms with Crippen molar-refractivity contribution in [2.45, 2.75) is 23.1 Å². The number of nitrogens with two attached hydrogens (primary N) is 2. The minimum absolute atomic E-state index is 0.0520. The molecule has 0 atom stereocenters. The molecule has 1 aromatic heterocycles. The summed E-state index contributed by atoms with van der Waals surface area (Å²) in [6, 6.07) is 9.35. The summed E-state index contributed by atoms with van der Waals surface area (Å²) in [6.45, 7) is 1.77. The van der Waals surface area contributed by atoms with E-state index in [1.54, 1.807) is 31.2 Å². The van der Waals surface area contributed by atoms with Crippen molar-refractivity contribution >= 4 is 56.1 Å². The molecule has 0 spiro atoms. The first-order valence-electron chi connectivity index (χ1n) is 7.80. The summed E-state index contributed by atoms with van der Waals surface area (Å²) in [7, 11) is -4.11. The average Bonchev–Trinajstić information content (AvgIpc) is 2.95. The molecule has 0 aliphatic heterocycles. The summed E-state index contributed by atoms with van der Waals surface area (Å²) in [5, 5.41) is 4.75. The van der Waals surface area contributed by atoms with E-state index < -0.39 is 9.84 Å². The third-order valence-electron chi connectivity index (χ3n) is 3.97. The van der Waals surface area contributed by atoms with E-state index in [1.165, 1.54) is 16.8 Å². The maximum absolute atomic E-state index is 13.3. The van der Waals surface area contributed by atoms with Crippen LogP contribution in [0, 0.1) is 0 Å². The summed E-state index contributed by atoms with van der Waals surface area (Å²) in [5.74, 6) is -0.0658. The maximum atomic E-state index is 13.3. The molecule has 0 radical (unpaired) electrons. The molecule has 0 unspecified atom stereocenters. The summed E-state index contributed by atoms with van der Waals surface area (Å²) in [6.07, 6.45) is 0.330. The van der Waals surface area contributed by atoms with Gasteiger partial charge in [0.1, 0.15) is 10.7 Å². The number of para-hydroxylation sites is 1. The number of anilines is 2. The zero-order valence-electron chi connectivity index (χ0n) is 14.1. The summed E-state index contributed by atoms with van der Waals surface area (Å²) in [4.78, 5) is -0.323. The summed E-state index contributed by atoms with van der Waals surface area (Å²) >= 11 is 18.3. The topological polar surface area (TPSA) is 104 Å². The SMILES string of the molecule is CCc1nn(-c2ccccc2Cl)c(N)c1S(=O)(=O)c1cc(Cl)c(N)cc1Cl. The smallest absolute Gasteiger partial charge is 0.213 e. The van der Waals surface area contributed by atoms with E-state index in [1.807, 2.05) is 0 Å². The fourth-order valence-electron chi connectivity index (χ4n) is 2.66. The standard InChI is InChI=1S/C17H15Cl3N4O2S/c1-2-13-16(17(22)24(23-13)14-6-4-3-5-9(14)18)27(25,26)15-8-10(19)12(21)7-11(15)20/h3-8H,2,21-22H2,1H3. The van der Waals surface area contributed by atoms with Gasteiger partial charge in [0.05, 0.1) is 37.0 Å². The molecule has 142 valence electrons. The van der Waals surface area contributed by atoms with Gasteiger partial charge in [-0.05, 0) is 30.7 Å². The molecule has 1 heterocycles. The molecule has 2 aromatic carbocycles. The monoisotopic (exact) mass is 444 g/mol. The fourth-order valence-corrected chi connectivity index (χ4v) is 5.24. The van der Waals surface area contributed by atoms with Crippen molar-refractivity contribution in [3.63, 3.8) is 0 Å². The Morgan fingerprint density at radius 1 is 1.04 bits per heavy atom. The van der Waals surface area contributed by atoms with E-state index in [2.05, 4.69) is 5.10 Å². The molecule has 0 aliphatic rings. The van der Waals surface area contributed by atoms with E-state index in [9.17, 15) is 8.42 Å². The van der Waals surface area contributed by atoms with Crippen molar-refractivity contribution < 1.29 is 8.42 Å². The molecule has 6 nitrogen and oxygen atoms in total. The third kappa shape index (κ3) is 3.36. The van der Waals surface area contributed by atoms with Crippen LogP contribution in [0.25, 0.3) is 5.69 Å². The number of aromatic nitrogens is 2. The number of aryl methyl sites for hydroxylation is 1. The second-order valence-electron chi connectivity index (χ2n) is 5.69. The highest BCUT2D eigenvalue weighted by atomic mass is 35.5. The third-order valence-corrected chi connectivity index (χ3v) is 6.94. The van der Waals surface area contributed by atoms with Crippen LogP contribution in [0.4, 0.5) is 11.5 Å². The minimum atomic E-state index is -4.11. The first-order chi connectivity index (χ1) is 12.7. The van der Waals surface area contributed by atoms with Gasteiger partial charge in [-0.1, -0.05) is 53.9 Å². The molecule has 4 N–H and O–H groups in total. The van der Waals surface area contributed by atoms with E-state index in [-0.39, 0.29) is 37.0 Å². The van der Waals surface area contributed by atoms with Gasteiger partial charge in [-0.2, -0.15) is 5.10 Å². The molecule has 0 saturated carbocycles. The molecular formula is C17H15Cl3N4O2S. The van der Waals surface area contributed by atoms with E-state index in [0.717, 1.165) is 0 Å². The van der Waals surface area contributed by atoms with Crippen molar-refractivity contribution in [3.05, 3.63) is 57.2 Å². The molecule has 0 aliphatic carbocycles. The Morgan fingerprint density at radius 2 is 1.70 bits per heavy atom. The van der Waals surface area contributed by atoms with Crippen molar-refractivity contribution in [1.82, 2.24) is 9.78 Å². The second kappa shape index (κ2) is 7.24. The van der Waals surface area contributed by atoms with Gasteiger partial charge < -0.3 is 11.5 Å². The lowest BCUT2D eigenvalue weighted by Crippen LogP contribution is -2.09. The van der Waals surface area contributed by atoms with Gasteiger partial charge in [-0.25, -0.2) is 13.1 Å². The zero-order chi connectivity index (χ0) is 19.9. The van der Waals surface area contributed by atoms with Gasteiger partial charge in [0.2, 0.25) is 9.84 Å². The Bertz CT molecular complexity index is 1140. The van der Waals surface area contributed by atoms with Crippen molar-refractivity contribution in [1.29, 1.82) is 0 Å². The Morgan fingerprint density at radius 3 is 2.33 bits per heavy atom. The normalized spacial score (nSPS) is 11.7. The number of hydrogen-bond donors (Lipinski definition) is 2. The average molecular weight is 446 g/mol. The highest BCUT2D eigenvalue weighted by Gasteiger charge is 2.31. The molecule has 0 bridgehead atoms. The number of halogens is 3. The Hall–Kier alpha value is -1.93. The molecule has 3 aromatic rings. The van der Waals surface area contributed by atoms with Crippen LogP contribution in [0.3, 0.4) is 0 Å². The lowest BCUT2D eigenvalue weighted by atomic mass is 10.3. The number of nitrogen functional groups attached to an aromatic ring is 2. The van der Waals surface area contributed by atoms with Gasteiger partial charge in [-0.3, -0.25) is 0 Å². The quantitative estimate of drug-likeness (QED) is 0.579. The highest BCUT2D eigenvalue weighted by molar-refractivity contribution is 7.91. The van der Waals surface area contributed by atoms with Gasteiger partial charge in [0.15, 0.2) is 0 Å². The van der Waals surface area contributed by atoms with Crippen molar-refractivity contribution in [2.75, 3.05) is 11.5 Å². The van der Waals surface area contributed by atoms with Crippen LogP contribution in [0.2, 0.25) is 15.1 Å². The predicted octanol–water partition coefficient (Wildman–Crippen LogP) is 4.39. The lowest BCUT2D eigenvalue weighted by molar-refractivity contribution is 0.595. The first kappa shape index (κ1) is 19.8. The number of sulfone groups is 1. The van der Waals surface area contributed by atoms with Gasteiger partial charge >= 0.3 is 0 Å². The van der Waals surface area contributed by atoms with Crippen LogP contribution in [0.1, 0.15) is 12.6 Å². The summed E-state index contributed by atoms with van der Waals surface area (Å²) < 4.78 is 27.9. The highest BCUT2D eigenvalue weighted by Crippen LogP contribution is 2.38. The van der Waals surface area contributed by atoms with Crippen LogP contribution < -0.4 is 11.5 Å². The minimum Gasteiger partial charge on any atom is -0.397 e. The molecule has 10 heteroatoms. The van der Waals surface area contributed by atoms with Gasteiger partial charge in [-0.15, -0.1) is 0 Å². The molecule has 27 heavy (non-hydrogen) atoms. The number of rotatable bonds is 4. The largest absolute Gasteiger partial charge is 0.397 e. The lowest BCUT2D eigenvalue weighted by Gasteiger charge is -2.10. The summed E-state index contributed by atoms with van der Waals surface area (Å²) in [5.41, 5.74) is 12.8. The van der Waals surface area contributed by atoms with E-state index >= 15 is 0 Å². The van der Waals surface area contributed by atoms with Gasteiger partial charge in [0.25, 0.3) is 0 Å². The first-order valence-corrected chi connectivity index (χ1v) is 10.4. The van der Waals surface area contributed by atoms with Crippen molar-refractivity contribution in [3.8, 4) is 5.69 Å². The van der Waals surface area contributed by atoms with E-state index in [4.69, 9.17) is 46.3 Å². The van der Waals surface area contributed by atoms with Gasteiger partial charge in [0, 0.05) is 0 Å². The van der Waals surface area contributed by atoms with Crippen LogP contribution in [-0.2, 0) is 16.3 Å². The predicted molar refractivity (Wildman–Crippen MR) is 109 cm³/mol. The van der Waals surface area contributed by atoms with Crippen LogP contribution >= 0.6 is 34.8 Å². The number of hydrogen-bond acceptors (Lipinski definition) is 5. The second-order valence-corrected chi connectivity index (χ2v) is 8.76. The Kier molecular flexibility index (Phi) is 5.31. The Balaban J connectivity index is 2.29.